The first-order valence-corrected chi connectivity index (χ1v) is 9.62. The Kier molecular flexibility index (Phi) is 7.99. The highest BCUT2D eigenvalue weighted by molar-refractivity contribution is 8.00. The summed E-state index contributed by atoms with van der Waals surface area (Å²) in [4.78, 5) is 36.3. The van der Waals surface area contributed by atoms with Gasteiger partial charge in [-0.15, -0.1) is 11.8 Å². The molecule has 4 atom stereocenters. The molecule has 1 heterocycles. The second kappa shape index (κ2) is 9.04. The molecule has 1 aliphatic heterocycles. The van der Waals surface area contributed by atoms with E-state index in [0.29, 0.717) is 0 Å². The van der Waals surface area contributed by atoms with E-state index in [1.165, 1.54) is 13.8 Å². The molecule has 28 heavy (non-hydrogen) atoms. The SMILES string of the molecule is CC(C)C(NC(=O)C1CSC(C(=O)[C@H](N)C(C)C)N1)C(=O)C(F)(F)C(F)(F)F. The summed E-state index contributed by atoms with van der Waals surface area (Å²) < 4.78 is 64.2. The Morgan fingerprint density at radius 1 is 1.07 bits per heavy atom. The van der Waals surface area contributed by atoms with Gasteiger partial charge in [0.1, 0.15) is 5.37 Å². The summed E-state index contributed by atoms with van der Waals surface area (Å²) in [6, 6.07) is -3.85. The first-order chi connectivity index (χ1) is 12.6. The predicted molar refractivity (Wildman–Crippen MR) is 93.8 cm³/mol. The Morgan fingerprint density at radius 2 is 1.61 bits per heavy atom. The summed E-state index contributed by atoms with van der Waals surface area (Å²) in [6.45, 7) is 5.96. The fourth-order valence-corrected chi connectivity index (χ4v) is 3.63. The molecule has 0 radical (unpaired) electrons. The Hall–Kier alpha value is -1.27. The van der Waals surface area contributed by atoms with E-state index in [4.69, 9.17) is 5.73 Å². The van der Waals surface area contributed by atoms with Gasteiger partial charge in [-0.3, -0.25) is 19.7 Å². The van der Waals surface area contributed by atoms with Crippen molar-refractivity contribution in [2.24, 2.45) is 17.6 Å². The van der Waals surface area contributed by atoms with Gasteiger partial charge in [-0.25, -0.2) is 0 Å². The summed E-state index contributed by atoms with van der Waals surface area (Å²) >= 11 is 1.07. The number of amides is 1. The minimum absolute atomic E-state index is 0.0712. The lowest BCUT2D eigenvalue weighted by atomic mass is 9.95. The van der Waals surface area contributed by atoms with E-state index in [0.717, 1.165) is 11.8 Å². The lowest BCUT2D eigenvalue weighted by molar-refractivity contribution is -0.269. The Balaban J connectivity index is 2.84. The minimum Gasteiger partial charge on any atom is -0.344 e. The van der Waals surface area contributed by atoms with Crippen LogP contribution in [0.1, 0.15) is 27.7 Å². The van der Waals surface area contributed by atoms with E-state index in [2.05, 4.69) is 5.32 Å². The molecular formula is C16H24F5N3O3S. The largest absolute Gasteiger partial charge is 0.461 e. The van der Waals surface area contributed by atoms with Crippen LogP contribution in [0.4, 0.5) is 22.0 Å². The molecule has 0 aromatic heterocycles. The fourth-order valence-electron chi connectivity index (χ4n) is 2.41. The predicted octanol–water partition coefficient (Wildman–Crippen LogP) is 1.48. The van der Waals surface area contributed by atoms with Crippen LogP contribution in [-0.4, -0.2) is 58.8 Å². The average molecular weight is 433 g/mol. The van der Waals surface area contributed by atoms with Crippen molar-refractivity contribution in [2.45, 2.75) is 63.3 Å². The maximum Gasteiger partial charge on any atom is 0.461 e. The molecule has 3 unspecified atom stereocenters. The van der Waals surface area contributed by atoms with Crippen molar-refractivity contribution >= 4 is 29.2 Å². The fraction of sp³-hybridized carbons (Fsp3) is 0.812. The molecule has 162 valence electrons. The van der Waals surface area contributed by atoms with Crippen molar-refractivity contribution in [3.05, 3.63) is 0 Å². The summed E-state index contributed by atoms with van der Waals surface area (Å²) in [6.07, 6.45) is -6.06. The van der Waals surface area contributed by atoms with Gasteiger partial charge in [-0.2, -0.15) is 22.0 Å². The second-order valence-electron chi connectivity index (χ2n) is 7.27. The van der Waals surface area contributed by atoms with Crippen LogP contribution in [0.25, 0.3) is 0 Å². The minimum atomic E-state index is -6.06. The normalized spacial score (nSPS) is 23.0. The molecule has 4 N–H and O–H groups in total. The Bertz CT molecular complexity index is 613. The third-order valence-corrected chi connectivity index (χ3v) is 5.54. The third-order valence-electron chi connectivity index (χ3n) is 4.32. The number of hydrogen-bond donors (Lipinski definition) is 3. The standard InChI is InChI=1S/C16H24F5N3O3S/c1-6(2)9(22)11(25)14-23-8(5-28-14)13(27)24-10(7(3)4)12(26)15(17,18)16(19,20)21/h6-10,14,23H,5,22H2,1-4H3,(H,24,27)/t8?,9-,10?,14?/m1/s1. The molecule has 0 aliphatic carbocycles. The van der Waals surface area contributed by atoms with Crippen LogP contribution >= 0.6 is 11.8 Å². The van der Waals surface area contributed by atoms with Crippen molar-refractivity contribution in [1.82, 2.24) is 10.6 Å². The van der Waals surface area contributed by atoms with Crippen molar-refractivity contribution in [1.29, 1.82) is 0 Å². The zero-order valence-corrected chi connectivity index (χ0v) is 16.6. The van der Waals surface area contributed by atoms with Gasteiger partial charge in [0, 0.05) is 5.75 Å². The van der Waals surface area contributed by atoms with Crippen molar-refractivity contribution < 1.29 is 36.3 Å². The molecule has 6 nitrogen and oxygen atoms in total. The molecule has 0 aromatic rings. The molecule has 0 aromatic carbocycles. The van der Waals surface area contributed by atoms with Crippen molar-refractivity contribution in [3.63, 3.8) is 0 Å². The van der Waals surface area contributed by atoms with E-state index in [9.17, 15) is 36.3 Å². The smallest absolute Gasteiger partial charge is 0.344 e. The van der Waals surface area contributed by atoms with Gasteiger partial charge in [-0.05, 0) is 11.8 Å². The number of nitrogens with two attached hydrogens (primary N) is 1. The van der Waals surface area contributed by atoms with Gasteiger partial charge in [0.15, 0.2) is 5.78 Å². The summed E-state index contributed by atoms with van der Waals surface area (Å²) in [5, 5.41) is 3.83. The Morgan fingerprint density at radius 3 is 2.04 bits per heavy atom. The van der Waals surface area contributed by atoms with Crippen LogP contribution in [-0.2, 0) is 14.4 Å². The lowest BCUT2D eigenvalue weighted by Gasteiger charge is -2.27. The number of ketones is 2. The maximum atomic E-state index is 13.4. The number of rotatable bonds is 8. The molecule has 1 amide bonds. The molecule has 12 heteroatoms. The van der Waals surface area contributed by atoms with Gasteiger partial charge in [0.05, 0.1) is 18.1 Å². The molecule has 0 saturated carbocycles. The first-order valence-electron chi connectivity index (χ1n) is 8.57. The second-order valence-corrected chi connectivity index (χ2v) is 8.41. The van der Waals surface area contributed by atoms with E-state index in [-0.39, 0.29) is 17.5 Å². The highest BCUT2D eigenvalue weighted by atomic mass is 32.2. The molecule has 0 spiro atoms. The number of halogens is 5. The molecular weight excluding hydrogens is 409 g/mol. The average Bonchev–Trinajstić information content (AvgIpc) is 3.06. The molecule has 0 bridgehead atoms. The highest BCUT2D eigenvalue weighted by Crippen LogP contribution is 2.37. The molecule has 1 saturated heterocycles. The summed E-state index contributed by atoms with van der Waals surface area (Å²) in [5.74, 6) is -10.4. The van der Waals surface area contributed by atoms with Gasteiger partial charge in [-0.1, -0.05) is 27.7 Å². The van der Waals surface area contributed by atoms with Crippen LogP contribution in [0.2, 0.25) is 0 Å². The number of thioether (sulfide) groups is 1. The molecule has 1 aliphatic rings. The number of alkyl halides is 5. The lowest BCUT2D eigenvalue weighted by Crippen LogP contribution is -2.59. The number of carbonyl (C=O) groups is 3. The number of Topliss-reactive ketones (excluding diaryl/α,β-unsaturated/α-hetero) is 2. The van der Waals surface area contributed by atoms with Gasteiger partial charge in [0.2, 0.25) is 11.7 Å². The topological polar surface area (TPSA) is 101 Å². The molecule has 1 rings (SSSR count). The number of carbonyl (C=O) groups excluding carboxylic acids is 3. The van der Waals surface area contributed by atoms with E-state index < -0.39 is 53.2 Å². The van der Waals surface area contributed by atoms with Gasteiger partial charge >= 0.3 is 12.1 Å². The third kappa shape index (κ3) is 5.41. The zero-order chi connectivity index (χ0) is 22.0. The number of hydrogen-bond acceptors (Lipinski definition) is 6. The maximum absolute atomic E-state index is 13.4. The number of nitrogens with one attached hydrogen (secondary N) is 2. The van der Waals surface area contributed by atoms with E-state index in [1.807, 2.05) is 5.32 Å². The summed E-state index contributed by atoms with van der Waals surface area (Å²) in [7, 11) is 0. The van der Waals surface area contributed by atoms with E-state index >= 15 is 0 Å². The van der Waals surface area contributed by atoms with Crippen LogP contribution in [0.5, 0.6) is 0 Å². The highest BCUT2D eigenvalue weighted by Gasteiger charge is 2.64. The van der Waals surface area contributed by atoms with Crippen LogP contribution in [0.3, 0.4) is 0 Å². The van der Waals surface area contributed by atoms with Crippen molar-refractivity contribution in [3.8, 4) is 0 Å². The van der Waals surface area contributed by atoms with E-state index in [1.54, 1.807) is 13.8 Å². The monoisotopic (exact) mass is 433 g/mol. The quantitative estimate of drug-likeness (QED) is 0.502. The van der Waals surface area contributed by atoms with Crippen LogP contribution < -0.4 is 16.4 Å². The van der Waals surface area contributed by atoms with Crippen LogP contribution in [0.15, 0.2) is 0 Å². The van der Waals surface area contributed by atoms with Crippen LogP contribution in [0, 0.1) is 11.8 Å². The Labute approximate surface area is 163 Å². The van der Waals surface area contributed by atoms with Crippen molar-refractivity contribution in [2.75, 3.05) is 5.75 Å². The van der Waals surface area contributed by atoms with Gasteiger partial charge in [0.25, 0.3) is 0 Å². The van der Waals surface area contributed by atoms with Gasteiger partial charge < -0.3 is 11.1 Å². The first kappa shape index (κ1) is 24.8. The summed E-state index contributed by atoms with van der Waals surface area (Å²) in [5.41, 5.74) is 5.77. The zero-order valence-electron chi connectivity index (χ0n) is 15.8. The molecule has 1 fully saturated rings.